The predicted molar refractivity (Wildman–Crippen MR) is 117 cm³/mol. The fourth-order valence-electron chi connectivity index (χ4n) is 3.74. The molecule has 3 amide bonds. The number of benzene rings is 2. The van der Waals surface area contributed by atoms with Crippen molar-refractivity contribution in [3.8, 4) is 0 Å². The Morgan fingerprint density at radius 2 is 1.69 bits per heavy atom. The number of hydrogen-bond donors (Lipinski definition) is 3. The predicted octanol–water partition coefficient (Wildman–Crippen LogP) is 2.50. The highest BCUT2D eigenvalue weighted by Crippen LogP contribution is 2.33. The van der Waals surface area contributed by atoms with E-state index in [0.717, 1.165) is 18.7 Å². The Morgan fingerprint density at radius 3 is 2.31 bits per heavy atom. The average Bonchev–Trinajstić information content (AvgIpc) is 3.17. The van der Waals surface area contributed by atoms with Gasteiger partial charge in [0, 0.05) is 25.6 Å². The Hall–Kier alpha value is -2.41. The van der Waals surface area contributed by atoms with E-state index in [2.05, 4.69) is 27.7 Å². The summed E-state index contributed by atoms with van der Waals surface area (Å²) >= 11 is 0. The van der Waals surface area contributed by atoms with Crippen molar-refractivity contribution < 1.29 is 9.59 Å². The molecule has 1 unspecified atom stereocenters. The Bertz CT molecular complexity index is 788. The van der Waals surface area contributed by atoms with Gasteiger partial charge in [-0.05, 0) is 30.5 Å². The number of carbonyl (C=O) groups excluding carboxylic acids is 2. The largest absolute Gasteiger partial charge is 0.334 e. The fraction of sp³-hybridized carbons (Fsp3) is 0.364. The molecule has 1 saturated heterocycles. The summed E-state index contributed by atoms with van der Waals surface area (Å²) in [4.78, 5) is 26.7. The normalized spacial score (nSPS) is 19.8. The molecule has 29 heavy (non-hydrogen) atoms. The number of amides is 3. The highest BCUT2D eigenvalue weighted by molar-refractivity contribution is 5.96. The van der Waals surface area contributed by atoms with Crippen molar-refractivity contribution >= 4 is 24.3 Å². The third kappa shape index (κ3) is 6.03. The van der Waals surface area contributed by atoms with Crippen LogP contribution in [0.15, 0.2) is 60.7 Å². The standard InChI is InChI=1S/C22H28N4O2.ClH/c1-16(21(27)25-22(28)24-13-17-8-4-2-5-9-17)26-14-19(12-23)20(15-26)18-10-6-3-7-11-18;/h2-11,16,19-20H,12-15,23H2,1H3,(H2,24,25,27,28);1H/t16?,19-,20+;/m1./s1. The number of carbonyl (C=O) groups is 2. The summed E-state index contributed by atoms with van der Waals surface area (Å²) < 4.78 is 0. The van der Waals surface area contributed by atoms with Crippen LogP contribution in [0, 0.1) is 5.92 Å². The minimum atomic E-state index is -0.477. The molecular formula is C22H29ClN4O2. The smallest absolute Gasteiger partial charge is 0.321 e. The molecule has 0 bridgehead atoms. The van der Waals surface area contributed by atoms with Crippen LogP contribution < -0.4 is 16.4 Å². The first kappa shape index (κ1) is 22.9. The molecule has 2 aromatic carbocycles. The van der Waals surface area contributed by atoms with Gasteiger partial charge in [-0.3, -0.25) is 15.0 Å². The molecule has 4 N–H and O–H groups in total. The molecule has 0 saturated carbocycles. The Labute approximate surface area is 178 Å². The molecule has 1 aliphatic rings. The zero-order valence-electron chi connectivity index (χ0n) is 16.6. The first-order chi connectivity index (χ1) is 13.6. The number of rotatable bonds is 6. The minimum Gasteiger partial charge on any atom is -0.334 e. The lowest BCUT2D eigenvalue weighted by molar-refractivity contribution is -0.124. The second-order valence-corrected chi connectivity index (χ2v) is 7.30. The molecule has 3 atom stereocenters. The second kappa shape index (κ2) is 11.0. The number of nitrogens with zero attached hydrogens (tertiary/aromatic N) is 1. The molecular weight excluding hydrogens is 388 g/mol. The zero-order chi connectivity index (χ0) is 19.9. The van der Waals surface area contributed by atoms with Crippen molar-refractivity contribution in [1.29, 1.82) is 0 Å². The van der Waals surface area contributed by atoms with Crippen LogP contribution in [-0.2, 0) is 11.3 Å². The molecule has 1 fully saturated rings. The molecule has 6 nitrogen and oxygen atoms in total. The topological polar surface area (TPSA) is 87.5 Å². The number of likely N-dealkylation sites (tertiary alicyclic amines) is 1. The van der Waals surface area contributed by atoms with Gasteiger partial charge in [0.05, 0.1) is 6.04 Å². The molecule has 0 aliphatic carbocycles. The van der Waals surface area contributed by atoms with Gasteiger partial charge in [-0.2, -0.15) is 0 Å². The van der Waals surface area contributed by atoms with Crippen LogP contribution in [-0.4, -0.2) is 42.5 Å². The summed E-state index contributed by atoms with van der Waals surface area (Å²) in [6, 6.07) is 19.0. The first-order valence-corrected chi connectivity index (χ1v) is 9.70. The van der Waals surface area contributed by atoms with Gasteiger partial charge in [-0.25, -0.2) is 4.79 Å². The molecule has 2 aromatic rings. The maximum Gasteiger partial charge on any atom is 0.321 e. The number of hydrogen-bond acceptors (Lipinski definition) is 4. The van der Waals surface area contributed by atoms with Crippen LogP contribution in [0.1, 0.15) is 24.0 Å². The Morgan fingerprint density at radius 1 is 1.07 bits per heavy atom. The fourth-order valence-corrected chi connectivity index (χ4v) is 3.74. The summed E-state index contributed by atoms with van der Waals surface area (Å²) in [6.07, 6.45) is 0. The van der Waals surface area contributed by atoms with E-state index in [4.69, 9.17) is 5.73 Å². The quantitative estimate of drug-likeness (QED) is 0.675. The van der Waals surface area contributed by atoms with E-state index >= 15 is 0 Å². The van der Waals surface area contributed by atoms with Crippen molar-refractivity contribution in [2.75, 3.05) is 19.6 Å². The second-order valence-electron chi connectivity index (χ2n) is 7.30. The monoisotopic (exact) mass is 416 g/mol. The number of nitrogens with two attached hydrogens (primary N) is 1. The first-order valence-electron chi connectivity index (χ1n) is 9.70. The van der Waals surface area contributed by atoms with Crippen molar-refractivity contribution in [3.05, 3.63) is 71.8 Å². The minimum absolute atomic E-state index is 0. The van der Waals surface area contributed by atoms with Crippen molar-refractivity contribution in [2.24, 2.45) is 11.7 Å². The Balaban J connectivity index is 0.00000300. The average molecular weight is 417 g/mol. The van der Waals surface area contributed by atoms with E-state index in [9.17, 15) is 9.59 Å². The van der Waals surface area contributed by atoms with Gasteiger partial charge in [0.25, 0.3) is 0 Å². The number of nitrogens with one attached hydrogen (secondary N) is 2. The van der Waals surface area contributed by atoms with Gasteiger partial charge in [0.15, 0.2) is 0 Å². The summed E-state index contributed by atoms with van der Waals surface area (Å²) in [5.41, 5.74) is 8.21. The Kier molecular flexibility index (Phi) is 8.64. The van der Waals surface area contributed by atoms with Gasteiger partial charge in [0.2, 0.25) is 5.91 Å². The van der Waals surface area contributed by atoms with Crippen molar-refractivity contribution in [3.63, 3.8) is 0 Å². The molecule has 0 spiro atoms. The van der Waals surface area contributed by atoms with Crippen LogP contribution in [0.5, 0.6) is 0 Å². The molecule has 156 valence electrons. The summed E-state index contributed by atoms with van der Waals surface area (Å²) in [7, 11) is 0. The number of halogens is 1. The van der Waals surface area contributed by atoms with Gasteiger partial charge in [-0.1, -0.05) is 60.7 Å². The van der Waals surface area contributed by atoms with Crippen molar-refractivity contribution in [1.82, 2.24) is 15.5 Å². The van der Waals surface area contributed by atoms with Crippen LogP contribution in [0.2, 0.25) is 0 Å². The highest BCUT2D eigenvalue weighted by atomic mass is 35.5. The van der Waals surface area contributed by atoms with Crippen LogP contribution >= 0.6 is 12.4 Å². The maximum absolute atomic E-state index is 12.5. The van der Waals surface area contributed by atoms with E-state index in [1.54, 1.807) is 0 Å². The van der Waals surface area contributed by atoms with Gasteiger partial charge in [0.1, 0.15) is 0 Å². The zero-order valence-corrected chi connectivity index (χ0v) is 17.4. The molecule has 7 heteroatoms. The summed E-state index contributed by atoms with van der Waals surface area (Å²) in [5, 5.41) is 5.17. The third-order valence-corrected chi connectivity index (χ3v) is 5.46. The van der Waals surface area contributed by atoms with E-state index < -0.39 is 12.1 Å². The number of urea groups is 1. The van der Waals surface area contributed by atoms with Gasteiger partial charge in [-0.15, -0.1) is 12.4 Å². The lowest BCUT2D eigenvalue weighted by Gasteiger charge is -2.23. The van der Waals surface area contributed by atoms with Crippen LogP contribution in [0.4, 0.5) is 4.79 Å². The van der Waals surface area contributed by atoms with Crippen LogP contribution in [0.3, 0.4) is 0 Å². The summed E-state index contributed by atoms with van der Waals surface area (Å²) in [5.74, 6) is 0.299. The highest BCUT2D eigenvalue weighted by Gasteiger charge is 2.37. The van der Waals surface area contributed by atoms with Gasteiger partial charge < -0.3 is 11.1 Å². The lowest BCUT2D eigenvalue weighted by atomic mass is 9.89. The molecule has 0 radical (unpaired) electrons. The lowest BCUT2D eigenvalue weighted by Crippen LogP contribution is -2.49. The van der Waals surface area contributed by atoms with Gasteiger partial charge >= 0.3 is 6.03 Å². The molecule has 3 rings (SSSR count). The third-order valence-electron chi connectivity index (χ3n) is 5.46. The number of imide groups is 1. The van der Waals surface area contributed by atoms with Crippen molar-refractivity contribution in [2.45, 2.75) is 25.4 Å². The molecule has 1 aliphatic heterocycles. The molecule has 1 heterocycles. The molecule has 0 aromatic heterocycles. The van der Waals surface area contributed by atoms with E-state index in [1.807, 2.05) is 55.5 Å². The van der Waals surface area contributed by atoms with E-state index in [-0.39, 0.29) is 18.3 Å². The van der Waals surface area contributed by atoms with E-state index in [0.29, 0.717) is 24.9 Å². The summed E-state index contributed by atoms with van der Waals surface area (Å²) in [6.45, 7) is 4.29. The maximum atomic E-state index is 12.5. The van der Waals surface area contributed by atoms with Crippen LogP contribution in [0.25, 0.3) is 0 Å². The SMILES string of the molecule is CC(C(=O)NC(=O)NCc1ccccc1)N1C[C@@H](CN)[C@H](c2ccccc2)C1.Cl. The van der Waals surface area contributed by atoms with E-state index in [1.165, 1.54) is 5.56 Å².